The molecule has 0 radical (unpaired) electrons. The maximum Gasteiger partial charge on any atom is 0.115 e. The van der Waals surface area contributed by atoms with E-state index in [0.717, 1.165) is 19.6 Å². The second-order valence-electron chi connectivity index (χ2n) is 8.02. The summed E-state index contributed by atoms with van der Waals surface area (Å²) < 4.78 is 5.92. The molecule has 2 fully saturated rings. The molecule has 1 N–H and O–H groups in total. The average molecular weight is 329 g/mol. The van der Waals surface area contributed by atoms with E-state index in [1.807, 2.05) is 6.07 Å². The van der Waals surface area contributed by atoms with E-state index in [1.54, 1.807) is 0 Å². The molecular weight excluding hydrogens is 298 g/mol. The summed E-state index contributed by atoms with van der Waals surface area (Å²) in [6, 6.07) is 6.73. The molecule has 2 bridgehead atoms. The van der Waals surface area contributed by atoms with E-state index in [1.165, 1.54) is 49.8 Å². The van der Waals surface area contributed by atoms with Crippen LogP contribution in [0.4, 0.5) is 0 Å². The van der Waals surface area contributed by atoms with Crippen molar-refractivity contribution in [1.29, 1.82) is 0 Å². The molecule has 0 spiro atoms. The van der Waals surface area contributed by atoms with Crippen LogP contribution < -0.4 is 0 Å². The largest absolute Gasteiger partial charge is 0.508 e. The molecular formula is C21H31NO2. The molecule has 2 aliphatic heterocycles. The number of piperidine rings is 1. The summed E-state index contributed by atoms with van der Waals surface area (Å²) in [5.41, 5.74) is 3.14. The van der Waals surface area contributed by atoms with Crippen LogP contribution in [0.5, 0.6) is 5.75 Å². The summed E-state index contributed by atoms with van der Waals surface area (Å²) in [4.78, 5) is 2.73. The van der Waals surface area contributed by atoms with Crippen LogP contribution in [-0.4, -0.2) is 41.8 Å². The first-order valence-electron chi connectivity index (χ1n) is 9.86. The van der Waals surface area contributed by atoms with Gasteiger partial charge in [0.1, 0.15) is 5.75 Å². The third-order valence-electron chi connectivity index (χ3n) is 7.08. The van der Waals surface area contributed by atoms with Gasteiger partial charge in [-0.15, -0.1) is 0 Å². The van der Waals surface area contributed by atoms with Gasteiger partial charge in [0.25, 0.3) is 0 Å². The third-order valence-corrected chi connectivity index (χ3v) is 7.08. The van der Waals surface area contributed by atoms with E-state index in [9.17, 15) is 5.11 Å². The Labute approximate surface area is 146 Å². The molecule has 2 heterocycles. The second kappa shape index (κ2) is 6.34. The number of ether oxygens (including phenoxy) is 1. The molecule has 4 rings (SSSR count). The molecule has 3 nitrogen and oxygen atoms in total. The Bertz CT molecular complexity index is 596. The highest BCUT2D eigenvalue weighted by Gasteiger charge is 2.51. The zero-order chi connectivity index (χ0) is 16.7. The first kappa shape index (κ1) is 16.4. The van der Waals surface area contributed by atoms with E-state index in [4.69, 9.17) is 4.74 Å². The highest BCUT2D eigenvalue weighted by Crippen LogP contribution is 2.52. The van der Waals surface area contributed by atoms with Gasteiger partial charge in [-0.25, -0.2) is 0 Å². The number of phenols is 1. The summed E-state index contributed by atoms with van der Waals surface area (Å²) in [5, 5.41) is 10.1. The van der Waals surface area contributed by atoms with Crippen LogP contribution >= 0.6 is 0 Å². The fourth-order valence-electron chi connectivity index (χ4n) is 5.92. The van der Waals surface area contributed by atoms with Crippen LogP contribution in [-0.2, 0) is 16.6 Å². The number of hydrogen-bond donors (Lipinski definition) is 1. The number of hydrogen-bond acceptors (Lipinski definition) is 3. The Balaban J connectivity index is 1.69. The number of fused-ring (bicyclic) bond motifs is 4. The predicted octanol–water partition coefficient (Wildman–Crippen LogP) is 3.88. The smallest absolute Gasteiger partial charge is 0.115 e. The minimum atomic E-state index is 0.249. The quantitative estimate of drug-likeness (QED) is 0.910. The Kier molecular flexibility index (Phi) is 4.34. The van der Waals surface area contributed by atoms with Gasteiger partial charge in [0.05, 0.1) is 6.10 Å². The molecule has 1 aromatic rings. The lowest BCUT2D eigenvalue weighted by molar-refractivity contribution is -0.0207. The van der Waals surface area contributed by atoms with Gasteiger partial charge in [-0.1, -0.05) is 26.3 Å². The van der Waals surface area contributed by atoms with Gasteiger partial charge < -0.3 is 9.84 Å². The molecule has 1 aromatic carbocycles. The van der Waals surface area contributed by atoms with Gasteiger partial charge in [-0.2, -0.15) is 0 Å². The number of phenolic OH excluding ortho intramolecular Hbond substituents is 1. The number of likely N-dealkylation sites (tertiary alicyclic amines) is 1. The predicted molar refractivity (Wildman–Crippen MR) is 96.5 cm³/mol. The normalized spacial score (nSPS) is 35.8. The van der Waals surface area contributed by atoms with Gasteiger partial charge in [0, 0.05) is 24.6 Å². The highest BCUT2D eigenvalue weighted by atomic mass is 16.5. The molecule has 2 saturated heterocycles. The van der Waals surface area contributed by atoms with Crippen molar-refractivity contribution in [3.8, 4) is 5.75 Å². The van der Waals surface area contributed by atoms with Crippen LogP contribution in [0, 0.1) is 5.92 Å². The molecule has 3 heteroatoms. The van der Waals surface area contributed by atoms with Crippen LogP contribution in [0.15, 0.2) is 18.2 Å². The zero-order valence-electron chi connectivity index (χ0n) is 15.1. The first-order valence-corrected chi connectivity index (χ1v) is 9.86. The average Bonchev–Trinajstić information content (AvgIpc) is 3.10. The highest BCUT2D eigenvalue weighted by molar-refractivity contribution is 5.44. The van der Waals surface area contributed by atoms with E-state index in [-0.39, 0.29) is 5.41 Å². The fraction of sp³-hybridized carbons (Fsp3) is 0.714. The van der Waals surface area contributed by atoms with E-state index >= 15 is 0 Å². The summed E-state index contributed by atoms with van der Waals surface area (Å²) in [5.74, 6) is 1.11. The van der Waals surface area contributed by atoms with Crippen molar-refractivity contribution in [2.45, 2.75) is 69.9 Å². The van der Waals surface area contributed by atoms with Crippen LogP contribution in [0.3, 0.4) is 0 Å². The lowest BCUT2D eigenvalue weighted by Crippen LogP contribution is -2.60. The molecule has 1 aliphatic carbocycles. The van der Waals surface area contributed by atoms with Crippen LogP contribution in [0.2, 0.25) is 0 Å². The molecule has 24 heavy (non-hydrogen) atoms. The van der Waals surface area contributed by atoms with E-state index in [2.05, 4.69) is 30.9 Å². The number of aromatic hydroxyl groups is 1. The number of nitrogens with zero attached hydrogens (tertiary/aromatic N) is 1. The Morgan fingerprint density at radius 3 is 2.92 bits per heavy atom. The summed E-state index contributed by atoms with van der Waals surface area (Å²) in [6.45, 7) is 7.92. The molecule has 132 valence electrons. The van der Waals surface area contributed by atoms with Gasteiger partial charge in [0.15, 0.2) is 0 Å². The van der Waals surface area contributed by atoms with Gasteiger partial charge in [0.2, 0.25) is 0 Å². The Morgan fingerprint density at radius 1 is 1.33 bits per heavy atom. The summed E-state index contributed by atoms with van der Waals surface area (Å²) in [6.07, 6.45) is 7.62. The maximum absolute atomic E-state index is 10.1. The monoisotopic (exact) mass is 329 g/mol. The van der Waals surface area contributed by atoms with Crippen molar-refractivity contribution in [2.24, 2.45) is 5.92 Å². The van der Waals surface area contributed by atoms with E-state index in [0.29, 0.717) is 23.8 Å². The topological polar surface area (TPSA) is 32.7 Å². The second-order valence-corrected chi connectivity index (χ2v) is 8.02. The van der Waals surface area contributed by atoms with Crippen molar-refractivity contribution in [2.75, 3.05) is 19.7 Å². The van der Waals surface area contributed by atoms with Crippen molar-refractivity contribution in [3.05, 3.63) is 29.3 Å². The molecule has 3 aliphatic rings. The number of rotatable bonds is 4. The lowest BCUT2D eigenvalue weighted by Gasteiger charge is -2.57. The van der Waals surface area contributed by atoms with Gasteiger partial charge in [-0.05, 0) is 67.8 Å². The Morgan fingerprint density at radius 2 is 2.21 bits per heavy atom. The first-order chi connectivity index (χ1) is 11.7. The zero-order valence-corrected chi connectivity index (χ0v) is 15.1. The van der Waals surface area contributed by atoms with Crippen molar-refractivity contribution < 1.29 is 9.84 Å². The van der Waals surface area contributed by atoms with E-state index < -0.39 is 0 Å². The lowest BCUT2D eigenvalue weighted by atomic mass is 9.55. The SMILES string of the molecule is CC[C@H]1[C@H]2Cc3ccc(O)cc3[C@]1(CC)CCN2C[C@@H]1CCCO1. The Hall–Kier alpha value is -1.06. The molecule has 0 amide bonds. The molecule has 0 unspecified atom stereocenters. The molecule has 0 saturated carbocycles. The molecule has 0 aromatic heterocycles. The van der Waals surface area contributed by atoms with Gasteiger partial charge in [-0.3, -0.25) is 4.90 Å². The number of benzene rings is 1. The fourth-order valence-corrected chi connectivity index (χ4v) is 5.92. The van der Waals surface area contributed by atoms with Crippen molar-refractivity contribution in [1.82, 2.24) is 4.90 Å². The van der Waals surface area contributed by atoms with Crippen molar-refractivity contribution >= 4 is 0 Å². The van der Waals surface area contributed by atoms with Crippen LogP contribution in [0.25, 0.3) is 0 Å². The minimum absolute atomic E-state index is 0.249. The summed E-state index contributed by atoms with van der Waals surface area (Å²) >= 11 is 0. The third kappa shape index (κ3) is 2.48. The van der Waals surface area contributed by atoms with Crippen LogP contribution in [0.1, 0.15) is 57.1 Å². The summed E-state index contributed by atoms with van der Waals surface area (Å²) in [7, 11) is 0. The van der Waals surface area contributed by atoms with Crippen molar-refractivity contribution in [3.63, 3.8) is 0 Å². The van der Waals surface area contributed by atoms with Gasteiger partial charge >= 0.3 is 0 Å². The maximum atomic E-state index is 10.1. The standard InChI is InChI=1S/C21H31NO2/c1-3-18-20-12-15-7-8-16(23)13-19(15)21(18,4-2)9-10-22(20)14-17-6-5-11-24-17/h7-8,13,17-18,20,23H,3-6,9-12,14H2,1-2H3/t17-,18-,20+,21+/m0/s1. The molecule has 4 atom stereocenters. The minimum Gasteiger partial charge on any atom is -0.508 e.